The molecule has 1 aliphatic rings. The fourth-order valence-electron chi connectivity index (χ4n) is 2.12. The molecule has 7 heteroatoms. The van der Waals surface area contributed by atoms with E-state index in [2.05, 4.69) is 10.4 Å². The Morgan fingerprint density at radius 3 is 3.00 bits per heavy atom. The van der Waals surface area contributed by atoms with Gasteiger partial charge in [-0.25, -0.2) is 0 Å². The number of anilines is 1. The van der Waals surface area contributed by atoms with Crippen molar-refractivity contribution in [2.45, 2.75) is 18.9 Å². The average Bonchev–Trinajstić information content (AvgIpc) is 2.93. The van der Waals surface area contributed by atoms with E-state index in [9.17, 15) is 4.79 Å². The monoisotopic (exact) mass is 284 g/mol. The molecule has 1 aliphatic heterocycles. The maximum atomic E-state index is 12.1. The second kappa shape index (κ2) is 5.12. The normalized spacial score (nSPS) is 18.8. The minimum Gasteiger partial charge on any atom is -0.349 e. The third kappa shape index (κ3) is 2.16. The van der Waals surface area contributed by atoms with Crippen molar-refractivity contribution in [2.24, 2.45) is 0 Å². The fraction of sp³-hybridized carbons (Fsp3) is 0.545. The van der Waals surface area contributed by atoms with Crippen molar-refractivity contribution in [3.8, 4) is 6.07 Å². The molecule has 0 radical (unpaired) electrons. The molecule has 1 atom stereocenters. The van der Waals surface area contributed by atoms with Gasteiger partial charge in [-0.15, -0.1) is 0 Å². The molecule has 5 nitrogen and oxygen atoms in total. The molecule has 0 spiro atoms. The SMILES string of the molecule is CN(C)C(=O)C1CCCN1c1snc(Cl)c1C#N. The van der Waals surface area contributed by atoms with Crippen molar-refractivity contribution in [3.63, 3.8) is 0 Å². The number of aromatic nitrogens is 1. The van der Waals surface area contributed by atoms with Crippen LogP contribution in [0.4, 0.5) is 5.00 Å². The lowest BCUT2D eigenvalue weighted by molar-refractivity contribution is -0.129. The van der Waals surface area contributed by atoms with Crippen molar-refractivity contribution >= 4 is 34.0 Å². The number of halogens is 1. The summed E-state index contributed by atoms with van der Waals surface area (Å²) < 4.78 is 3.99. The molecule has 0 aliphatic carbocycles. The zero-order valence-electron chi connectivity index (χ0n) is 10.2. The van der Waals surface area contributed by atoms with Crippen LogP contribution >= 0.6 is 23.1 Å². The molecule has 1 amide bonds. The van der Waals surface area contributed by atoms with Gasteiger partial charge in [-0.1, -0.05) is 11.6 Å². The highest BCUT2D eigenvalue weighted by Gasteiger charge is 2.34. The van der Waals surface area contributed by atoms with E-state index in [4.69, 9.17) is 16.9 Å². The number of nitriles is 1. The van der Waals surface area contributed by atoms with Crippen molar-refractivity contribution in [1.82, 2.24) is 9.27 Å². The van der Waals surface area contributed by atoms with Gasteiger partial charge in [-0.05, 0) is 24.4 Å². The predicted molar refractivity (Wildman–Crippen MR) is 70.9 cm³/mol. The van der Waals surface area contributed by atoms with E-state index in [1.807, 2.05) is 4.90 Å². The Balaban J connectivity index is 2.32. The Kier molecular flexibility index (Phi) is 3.73. The number of likely N-dealkylation sites (N-methyl/N-ethyl adjacent to an activating group) is 1. The Morgan fingerprint density at radius 2 is 2.39 bits per heavy atom. The largest absolute Gasteiger partial charge is 0.349 e. The molecule has 1 aromatic rings. The first-order valence-corrected chi connectivity index (χ1v) is 6.74. The van der Waals surface area contributed by atoms with Gasteiger partial charge in [0.15, 0.2) is 5.15 Å². The second-order valence-corrected chi connectivity index (χ2v) is 5.46. The second-order valence-electron chi connectivity index (χ2n) is 4.35. The maximum Gasteiger partial charge on any atom is 0.244 e. The highest BCUT2D eigenvalue weighted by atomic mass is 35.5. The molecule has 2 heterocycles. The summed E-state index contributed by atoms with van der Waals surface area (Å²) >= 11 is 7.05. The van der Waals surface area contributed by atoms with Crippen LogP contribution in [-0.4, -0.2) is 41.9 Å². The highest BCUT2D eigenvalue weighted by molar-refractivity contribution is 7.10. The Morgan fingerprint density at radius 1 is 1.67 bits per heavy atom. The molecular formula is C11H13ClN4OS. The third-order valence-electron chi connectivity index (χ3n) is 2.98. The molecule has 0 bridgehead atoms. The zero-order chi connectivity index (χ0) is 13.3. The molecule has 1 aromatic heterocycles. The Bertz CT molecular complexity index is 508. The minimum atomic E-state index is -0.205. The molecule has 0 N–H and O–H groups in total. The standard InChI is InChI=1S/C11H13ClN4OS/c1-15(2)10(17)8-4-3-5-16(8)11-7(6-13)9(12)14-18-11/h8H,3-5H2,1-2H3. The number of rotatable bonds is 2. The maximum absolute atomic E-state index is 12.1. The van der Waals surface area contributed by atoms with E-state index >= 15 is 0 Å². The van der Waals surface area contributed by atoms with Gasteiger partial charge >= 0.3 is 0 Å². The molecule has 2 rings (SSSR count). The Labute approximate surface area is 115 Å². The number of amides is 1. The number of nitrogens with zero attached hydrogens (tertiary/aromatic N) is 4. The van der Waals surface area contributed by atoms with Crippen molar-refractivity contribution in [3.05, 3.63) is 10.7 Å². The average molecular weight is 285 g/mol. The molecule has 18 heavy (non-hydrogen) atoms. The first-order chi connectivity index (χ1) is 8.56. The van der Waals surface area contributed by atoms with Gasteiger partial charge in [-0.3, -0.25) is 4.79 Å². The van der Waals surface area contributed by atoms with E-state index in [-0.39, 0.29) is 17.1 Å². The number of carbonyl (C=O) groups excluding carboxylic acids is 1. The molecule has 1 fully saturated rings. The number of carbonyl (C=O) groups is 1. The van der Waals surface area contributed by atoms with Gasteiger partial charge in [0, 0.05) is 20.6 Å². The molecule has 1 saturated heterocycles. The lowest BCUT2D eigenvalue weighted by Gasteiger charge is -2.26. The van der Waals surface area contributed by atoms with Gasteiger partial charge < -0.3 is 9.80 Å². The van der Waals surface area contributed by atoms with Crippen LogP contribution < -0.4 is 4.90 Å². The van der Waals surface area contributed by atoms with Crippen LogP contribution in [0.25, 0.3) is 0 Å². The minimum absolute atomic E-state index is 0.0564. The summed E-state index contributed by atoms with van der Waals surface area (Å²) in [6.07, 6.45) is 1.74. The quantitative estimate of drug-likeness (QED) is 0.830. The van der Waals surface area contributed by atoms with Crippen LogP contribution in [0.1, 0.15) is 18.4 Å². The summed E-state index contributed by atoms with van der Waals surface area (Å²) in [5.41, 5.74) is 0.375. The summed E-state index contributed by atoms with van der Waals surface area (Å²) in [4.78, 5) is 15.6. The van der Waals surface area contributed by atoms with Gasteiger partial charge in [0.25, 0.3) is 0 Å². The lowest BCUT2D eigenvalue weighted by Crippen LogP contribution is -2.42. The molecule has 96 valence electrons. The van der Waals surface area contributed by atoms with E-state index in [1.54, 1.807) is 19.0 Å². The topological polar surface area (TPSA) is 60.2 Å². The van der Waals surface area contributed by atoms with Crippen molar-refractivity contribution in [1.29, 1.82) is 5.26 Å². The summed E-state index contributed by atoms with van der Waals surface area (Å²) in [5.74, 6) is 0.0564. The van der Waals surface area contributed by atoms with Crippen LogP contribution in [0.15, 0.2) is 0 Å². The summed E-state index contributed by atoms with van der Waals surface area (Å²) in [6, 6.07) is 1.85. The predicted octanol–water partition coefficient (Wildman–Crippen LogP) is 1.73. The van der Waals surface area contributed by atoms with Crippen molar-refractivity contribution < 1.29 is 4.79 Å². The van der Waals surface area contributed by atoms with Crippen LogP contribution in [0.5, 0.6) is 0 Å². The summed E-state index contributed by atoms with van der Waals surface area (Å²) in [7, 11) is 3.48. The lowest BCUT2D eigenvalue weighted by atomic mass is 10.2. The first-order valence-electron chi connectivity index (χ1n) is 5.59. The number of hydrogen-bond donors (Lipinski definition) is 0. The van der Waals surface area contributed by atoms with Crippen molar-refractivity contribution in [2.75, 3.05) is 25.5 Å². The molecular weight excluding hydrogens is 272 g/mol. The van der Waals surface area contributed by atoms with E-state index in [0.29, 0.717) is 10.6 Å². The highest BCUT2D eigenvalue weighted by Crippen LogP contribution is 2.35. The molecule has 0 saturated carbocycles. The summed E-state index contributed by atoms with van der Waals surface area (Å²) in [5, 5.41) is 10.0. The molecule has 0 aromatic carbocycles. The van der Waals surface area contributed by atoms with Gasteiger partial charge in [-0.2, -0.15) is 9.64 Å². The summed E-state index contributed by atoms with van der Waals surface area (Å²) in [6.45, 7) is 0.761. The fourth-order valence-corrected chi connectivity index (χ4v) is 3.22. The van der Waals surface area contributed by atoms with Gasteiger partial charge in [0.05, 0.1) is 0 Å². The van der Waals surface area contributed by atoms with Crippen LogP contribution in [0.3, 0.4) is 0 Å². The van der Waals surface area contributed by atoms with Crippen LogP contribution in [0.2, 0.25) is 5.15 Å². The zero-order valence-corrected chi connectivity index (χ0v) is 11.8. The number of hydrogen-bond acceptors (Lipinski definition) is 5. The van der Waals surface area contributed by atoms with E-state index in [0.717, 1.165) is 19.4 Å². The van der Waals surface area contributed by atoms with Gasteiger partial charge in [0.2, 0.25) is 5.91 Å². The van der Waals surface area contributed by atoms with E-state index < -0.39 is 0 Å². The van der Waals surface area contributed by atoms with Gasteiger partial charge in [0.1, 0.15) is 22.7 Å². The first kappa shape index (κ1) is 13.1. The third-order valence-corrected chi connectivity index (χ3v) is 4.24. The van der Waals surface area contributed by atoms with E-state index in [1.165, 1.54) is 11.5 Å². The smallest absolute Gasteiger partial charge is 0.244 e. The van der Waals surface area contributed by atoms with Crippen LogP contribution in [-0.2, 0) is 4.79 Å². The molecule has 1 unspecified atom stereocenters. The van der Waals surface area contributed by atoms with Crippen LogP contribution in [0, 0.1) is 11.3 Å². The Hall–Kier alpha value is -1.32.